The van der Waals surface area contributed by atoms with Gasteiger partial charge < -0.3 is 10.4 Å². The molecule has 0 unspecified atom stereocenters. The van der Waals surface area contributed by atoms with E-state index < -0.39 is 5.82 Å². The average Bonchev–Trinajstić information content (AvgIpc) is 2.47. The fourth-order valence-corrected chi connectivity index (χ4v) is 2.14. The highest BCUT2D eigenvalue weighted by Crippen LogP contribution is 2.16. The predicted molar refractivity (Wildman–Crippen MR) is 77.6 cm³/mol. The van der Waals surface area contributed by atoms with Crippen molar-refractivity contribution in [2.45, 2.75) is 13.2 Å². The van der Waals surface area contributed by atoms with Gasteiger partial charge in [-0.25, -0.2) is 4.39 Å². The summed E-state index contributed by atoms with van der Waals surface area (Å²) in [6, 6.07) is 11.4. The summed E-state index contributed by atoms with van der Waals surface area (Å²) >= 11 is 3.05. The number of hydrogen-bond acceptors (Lipinski definition) is 2. The molecule has 5 heteroatoms. The molecular weight excluding hydrogens is 325 g/mol. The number of rotatable bonds is 4. The molecule has 2 aromatic carbocycles. The number of nitrogens with one attached hydrogen (secondary N) is 1. The van der Waals surface area contributed by atoms with Crippen molar-refractivity contribution in [1.29, 1.82) is 0 Å². The summed E-state index contributed by atoms with van der Waals surface area (Å²) in [5, 5.41) is 11.8. The summed E-state index contributed by atoms with van der Waals surface area (Å²) in [6.45, 7) is 0.314. The third-order valence-corrected chi connectivity index (χ3v) is 3.42. The van der Waals surface area contributed by atoms with Crippen LogP contribution in [0.4, 0.5) is 4.39 Å². The zero-order chi connectivity index (χ0) is 14.5. The van der Waals surface area contributed by atoms with Crippen LogP contribution in [0, 0.1) is 5.82 Å². The Labute approximate surface area is 124 Å². The summed E-state index contributed by atoms with van der Waals surface area (Å²) in [5.74, 6) is -0.683. The minimum absolute atomic E-state index is 0.0350. The molecule has 104 valence electrons. The van der Waals surface area contributed by atoms with Crippen LogP contribution in [0.1, 0.15) is 21.5 Å². The van der Waals surface area contributed by atoms with Crippen LogP contribution in [-0.4, -0.2) is 11.0 Å². The fraction of sp³-hybridized carbons (Fsp3) is 0.133. The molecule has 1 amide bonds. The zero-order valence-corrected chi connectivity index (χ0v) is 12.2. The first-order chi connectivity index (χ1) is 9.60. The van der Waals surface area contributed by atoms with Gasteiger partial charge >= 0.3 is 0 Å². The van der Waals surface area contributed by atoms with Gasteiger partial charge in [-0.05, 0) is 45.3 Å². The molecule has 0 aliphatic carbocycles. The number of aliphatic hydroxyl groups excluding tert-OH is 1. The van der Waals surface area contributed by atoms with Gasteiger partial charge in [-0.3, -0.25) is 4.79 Å². The van der Waals surface area contributed by atoms with Gasteiger partial charge in [0.2, 0.25) is 0 Å². The van der Waals surface area contributed by atoms with Gasteiger partial charge in [0.1, 0.15) is 5.82 Å². The van der Waals surface area contributed by atoms with Crippen LogP contribution in [0.15, 0.2) is 46.9 Å². The van der Waals surface area contributed by atoms with Crippen LogP contribution >= 0.6 is 15.9 Å². The first-order valence-electron chi connectivity index (χ1n) is 6.02. The van der Waals surface area contributed by atoms with Gasteiger partial charge in [0.05, 0.1) is 11.1 Å². The number of carbonyl (C=O) groups excluding carboxylic acids is 1. The summed E-state index contributed by atoms with van der Waals surface area (Å²) < 4.78 is 13.4. The highest BCUT2D eigenvalue weighted by Gasteiger charge is 2.08. The lowest BCUT2D eigenvalue weighted by molar-refractivity contribution is 0.0951. The van der Waals surface area contributed by atoms with Crippen LogP contribution in [0.2, 0.25) is 0 Å². The molecule has 0 aromatic heterocycles. The smallest absolute Gasteiger partial charge is 0.251 e. The van der Waals surface area contributed by atoms with Crippen molar-refractivity contribution in [2.24, 2.45) is 0 Å². The molecular formula is C15H13BrFNO2. The maximum atomic E-state index is 13.1. The fourth-order valence-electron chi connectivity index (χ4n) is 1.76. The minimum Gasteiger partial charge on any atom is -0.392 e. The number of amides is 1. The molecule has 2 rings (SSSR count). The largest absolute Gasteiger partial charge is 0.392 e. The van der Waals surface area contributed by atoms with Crippen molar-refractivity contribution in [2.75, 3.05) is 0 Å². The second kappa shape index (κ2) is 6.63. The van der Waals surface area contributed by atoms with E-state index in [0.29, 0.717) is 12.1 Å². The maximum absolute atomic E-state index is 13.1. The highest BCUT2D eigenvalue weighted by atomic mass is 79.9. The van der Waals surface area contributed by atoms with Crippen LogP contribution in [0.3, 0.4) is 0 Å². The van der Waals surface area contributed by atoms with E-state index in [4.69, 9.17) is 5.11 Å². The molecule has 0 saturated carbocycles. The molecule has 2 aromatic rings. The maximum Gasteiger partial charge on any atom is 0.251 e. The SMILES string of the molecule is O=C(NCc1cccc(CO)c1)c1ccc(F)c(Br)c1. The molecule has 0 aliphatic heterocycles. The van der Waals surface area contributed by atoms with Gasteiger partial charge in [0, 0.05) is 12.1 Å². The Hall–Kier alpha value is -1.72. The van der Waals surface area contributed by atoms with E-state index >= 15 is 0 Å². The summed E-state index contributed by atoms with van der Waals surface area (Å²) in [6.07, 6.45) is 0. The van der Waals surface area contributed by atoms with Crippen LogP contribution in [0.25, 0.3) is 0 Å². The van der Waals surface area contributed by atoms with Crippen molar-refractivity contribution in [3.05, 3.63) is 69.4 Å². The molecule has 0 saturated heterocycles. The predicted octanol–water partition coefficient (Wildman–Crippen LogP) is 3.01. The van der Waals surface area contributed by atoms with E-state index in [2.05, 4.69) is 21.2 Å². The Morgan fingerprint density at radius 1 is 1.20 bits per heavy atom. The molecule has 0 aliphatic rings. The summed E-state index contributed by atoms with van der Waals surface area (Å²) in [4.78, 5) is 11.9. The molecule has 0 bridgehead atoms. The summed E-state index contributed by atoms with van der Waals surface area (Å²) in [5.41, 5.74) is 2.07. The standard InChI is InChI=1S/C15H13BrFNO2/c16-13-7-12(4-5-14(13)17)15(20)18-8-10-2-1-3-11(6-10)9-19/h1-7,19H,8-9H2,(H,18,20). The number of halogens is 2. The second-order valence-corrected chi connectivity index (χ2v) is 5.14. The Morgan fingerprint density at radius 2 is 1.95 bits per heavy atom. The van der Waals surface area contributed by atoms with Crippen molar-refractivity contribution < 1.29 is 14.3 Å². The van der Waals surface area contributed by atoms with Crippen LogP contribution in [-0.2, 0) is 13.2 Å². The third-order valence-electron chi connectivity index (χ3n) is 2.81. The van der Waals surface area contributed by atoms with Crippen molar-refractivity contribution in [1.82, 2.24) is 5.32 Å². The lowest BCUT2D eigenvalue weighted by atomic mass is 10.1. The molecule has 0 heterocycles. The first kappa shape index (κ1) is 14.7. The number of hydrogen-bond donors (Lipinski definition) is 2. The molecule has 0 fully saturated rings. The normalized spacial score (nSPS) is 10.3. The quantitative estimate of drug-likeness (QED) is 0.900. The zero-order valence-electron chi connectivity index (χ0n) is 10.6. The topological polar surface area (TPSA) is 49.3 Å². The van der Waals surface area contributed by atoms with E-state index in [1.165, 1.54) is 18.2 Å². The molecule has 3 nitrogen and oxygen atoms in total. The van der Waals surface area contributed by atoms with Gasteiger partial charge in [-0.2, -0.15) is 0 Å². The number of benzene rings is 2. The Kier molecular flexibility index (Phi) is 4.87. The van der Waals surface area contributed by atoms with Gasteiger partial charge in [-0.1, -0.05) is 24.3 Å². The van der Waals surface area contributed by atoms with Gasteiger partial charge in [-0.15, -0.1) is 0 Å². The monoisotopic (exact) mass is 337 g/mol. The van der Waals surface area contributed by atoms with E-state index in [1.807, 2.05) is 24.3 Å². The lowest BCUT2D eigenvalue weighted by Crippen LogP contribution is -2.22. The van der Waals surface area contributed by atoms with E-state index in [1.54, 1.807) is 0 Å². The van der Waals surface area contributed by atoms with Crippen LogP contribution < -0.4 is 5.32 Å². The Morgan fingerprint density at radius 3 is 2.65 bits per heavy atom. The molecule has 20 heavy (non-hydrogen) atoms. The Balaban J connectivity index is 2.02. The number of aliphatic hydroxyl groups is 1. The third kappa shape index (κ3) is 3.65. The van der Waals surface area contributed by atoms with Crippen molar-refractivity contribution in [3.8, 4) is 0 Å². The average molecular weight is 338 g/mol. The van der Waals surface area contributed by atoms with E-state index in [0.717, 1.165) is 11.1 Å². The highest BCUT2D eigenvalue weighted by molar-refractivity contribution is 9.10. The molecule has 2 N–H and O–H groups in total. The lowest BCUT2D eigenvalue weighted by Gasteiger charge is -2.07. The molecule has 0 radical (unpaired) electrons. The molecule has 0 atom stereocenters. The minimum atomic E-state index is -0.405. The number of carbonyl (C=O) groups is 1. The summed E-state index contributed by atoms with van der Waals surface area (Å²) in [7, 11) is 0. The van der Waals surface area contributed by atoms with Crippen molar-refractivity contribution >= 4 is 21.8 Å². The van der Waals surface area contributed by atoms with E-state index in [9.17, 15) is 9.18 Å². The van der Waals surface area contributed by atoms with E-state index in [-0.39, 0.29) is 17.0 Å². The van der Waals surface area contributed by atoms with Crippen molar-refractivity contribution in [3.63, 3.8) is 0 Å². The van der Waals surface area contributed by atoms with Crippen LogP contribution in [0.5, 0.6) is 0 Å². The first-order valence-corrected chi connectivity index (χ1v) is 6.81. The van der Waals surface area contributed by atoms with Gasteiger partial charge in [0.15, 0.2) is 0 Å². The Bertz CT molecular complexity index is 631. The second-order valence-electron chi connectivity index (χ2n) is 4.29. The van der Waals surface area contributed by atoms with Gasteiger partial charge in [0.25, 0.3) is 5.91 Å². The molecule has 0 spiro atoms.